The third-order valence-electron chi connectivity index (χ3n) is 6.92. The molecule has 0 aromatic heterocycles. The van der Waals surface area contributed by atoms with E-state index in [2.05, 4.69) is 31.9 Å². The number of aromatic hydroxyl groups is 1. The van der Waals surface area contributed by atoms with Gasteiger partial charge in [0.15, 0.2) is 0 Å². The molecule has 0 saturated carbocycles. The highest BCUT2D eigenvalue weighted by atomic mass is 16.4. The van der Waals surface area contributed by atoms with Crippen LogP contribution in [0.25, 0.3) is 0 Å². The minimum absolute atomic E-state index is 0.00262. The first-order chi connectivity index (χ1) is 20.7. The Morgan fingerprint density at radius 2 is 1.36 bits per heavy atom. The molecular weight excluding hydrogens is 572 g/mol. The van der Waals surface area contributed by atoms with E-state index in [1.165, 1.54) is 12.1 Å². The van der Waals surface area contributed by atoms with Crippen LogP contribution in [0.3, 0.4) is 0 Å². The minimum Gasteiger partial charge on any atom is -0.508 e. The number of hydrogen-bond donors (Lipinski definition) is 8. The van der Waals surface area contributed by atoms with E-state index in [9.17, 15) is 33.9 Å². The van der Waals surface area contributed by atoms with Crippen LogP contribution < -0.4 is 31.9 Å². The fraction of sp³-hybridized carbons (Fsp3) is 0.600. The van der Waals surface area contributed by atoms with E-state index >= 15 is 0 Å². The Balaban J connectivity index is 2.12. The summed E-state index contributed by atoms with van der Waals surface area (Å²) in [6.07, 6.45) is 2.11. The van der Waals surface area contributed by atoms with Gasteiger partial charge in [-0.3, -0.25) is 28.8 Å². The zero-order valence-electron chi connectivity index (χ0n) is 25.8. The summed E-state index contributed by atoms with van der Waals surface area (Å²) in [5, 5.41) is 34.4. The first-order valence-electron chi connectivity index (χ1n) is 14.9. The van der Waals surface area contributed by atoms with Gasteiger partial charge < -0.3 is 42.1 Å². The van der Waals surface area contributed by atoms with Crippen LogP contribution in [0.15, 0.2) is 24.3 Å². The summed E-state index contributed by atoms with van der Waals surface area (Å²) in [6.45, 7) is 7.12. The molecule has 14 nitrogen and oxygen atoms in total. The maximum atomic E-state index is 13.4. The Hall–Kier alpha value is -4.20. The lowest BCUT2D eigenvalue weighted by molar-refractivity contribution is -0.138. The third-order valence-corrected chi connectivity index (χ3v) is 6.92. The van der Waals surface area contributed by atoms with Crippen molar-refractivity contribution in [3.8, 4) is 5.75 Å². The van der Waals surface area contributed by atoms with Crippen molar-refractivity contribution in [1.29, 1.82) is 0 Å². The van der Waals surface area contributed by atoms with Crippen LogP contribution in [0.4, 0.5) is 0 Å². The van der Waals surface area contributed by atoms with Crippen LogP contribution in [0.1, 0.15) is 58.9 Å². The fourth-order valence-corrected chi connectivity index (χ4v) is 4.76. The van der Waals surface area contributed by atoms with Crippen LogP contribution in [0.2, 0.25) is 0 Å². The van der Waals surface area contributed by atoms with Crippen LogP contribution in [0, 0.1) is 11.8 Å². The van der Waals surface area contributed by atoms with Crippen molar-refractivity contribution in [2.45, 2.75) is 84.0 Å². The van der Waals surface area contributed by atoms with Gasteiger partial charge in [-0.1, -0.05) is 39.8 Å². The molecular formula is C30H46N6O8. The predicted molar refractivity (Wildman–Crippen MR) is 161 cm³/mol. The molecule has 5 amide bonds. The molecule has 44 heavy (non-hydrogen) atoms. The van der Waals surface area contributed by atoms with Gasteiger partial charge in [0.05, 0.1) is 12.6 Å². The van der Waals surface area contributed by atoms with Crippen molar-refractivity contribution in [3.63, 3.8) is 0 Å². The zero-order valence-corrected chi connectivity index (χ0v) is 25.8. The molecule has 0 spiro atoms. The van der Waals surface area contributed by atoms with Crippen molar-refractivity contribution < 1.29 is 39.0 Å². The number of carbonyl (C=O) groups is 6. The second kappa shape index (κ2) is 17.8. The predicted octanol–water partition coefficient (Wildman–Crippen LogP) is -0.450. The number of rotatable bonds is 17. The van der Waals surface area contributed by atoms with Crippen LogP contribution in [0.5, 0.6) is 5.75 Å². The Morgan fingerprint density at radius 3 is 1.89 bits per heavy atom. The van der Waals surface area contributed by atoms with Crippen molar-refractivity contribution in [3.05, 3.63) is 29.8 Å². The van der Waals surface area contributed by atoms with Crippen molar-refractivity contribution in [1.82, 2.24) is 31.9 Å². The second-order valence-electron chi connectivity index (χ2n) is 11.9. The van der Waals surface area contributed by atoms with E-state index in [1.54, 1.807) is 12.1 Å². The summed E-state index contributed by atoms with van der Waals surface area (Å²) in [7, 11) is 0. The minimum atomic E-state index is -1.24. The normalized spacial score (nSPS) is 16.5. The first kappa shape index (κ1) is 36.0. The quantitative estimate of drug-likeness (QED) is 0.113. The number of carboxylic acid groups (broad SMARTS) is 1. The third kappa shape index (κ3) is 13.0. The highest BCUT2D eigenvalue weighted by Crippen LogP contribution is 2.13. The van der Waals surface area contributed by atoms with Gasteiger partial charge in [0.1, 0.15) is 30.4 Å². The Bertz CT molecular complexity index is 1150. The van der Waals surface area contributed by atoms with E-state index in [0.717, 1.165) is 13.0 Å². The molecule has 0 aliphatic carbocycles. The molecule has 14 heteroatoms. The first-order valence-corrected chi connectivity index (χ1v) is 14.9. The smallest absolute Gasteiger partial charge is 0.322 e. The molecule has 1 aromatic rings. The summed E-state index contributed by atoms with van der Waals surface area (Å²) in [5.41, 5.74) is 0.600. The number of nitrogens with one attached hydrogen (secondary N) is 6. The fourth-order valence-electron chi connectivity index (χ4n) is 4.76. The SMILES string of the molecule is CC(C)CC(NC(=O)C1CCCN1)C(=O)NCC(=O)NC(Cc1ccc(O)cc1)C(=O)NC(CC(C)C)C(=O)NCC(=O)O. The lowest BCUT2D eigenvalue weighted by Gasteiger charge is -2.25. The molecule has 1 aliphatic rings. The molecule has 1 aromatic carbocycles. The Labute approximate surface area is 257 Å². The van der Waals surface area contributed by atoms with E-state index in [-0.39, 0.29) is 42.4 Å². The van der Waals surface area contributed by atoms with Gasteiger partial charge in [0.2, 0.25) is 29.5 Å². The average Bonchev–Trinajstić information content (AvgIpc) is 3.49. The largest absolute Gasteiger partial charge is 0.508 e. The highest BCUT2D eigenvalue weighted by molar-refractivity contribution is 5.95. The topological polar surface area (TPSA) is 215 Å². The molecule has 1 aliphatic heterocycles. The molecule has 2 rings (SSSR count). The monoisotopic (exact) mass is 618 g/mol. The number of hydrogen-bond acceptors (Lipinski definition) is 8. The van der Waals surface area contributed by atoms with Gasteiger partial charge in [-0.15, -0.1) is 0 Å². The van der Waals surface area contributed by atoms with Gasteiger partial charge in [0, 0.05) is 6.42 Å². The number of amides is 5. The van der Waals surface area contributed by atoms with E-state index in [1.807, 2.05) is 27.7 Å². The average molecular weight is 619 g/mol. The Kier molecular flexibility index (Phi) is 14.6. The Morgan fingerprint density at radius 1 is 0.795 bits per heavy atom. The molecule has 4 atom stereocenters. The summed E-state index contributed by atoms with van der Waals surface area (Å²) in [6, 6.07) is 2.55. The van der Waals surface area contributed by atoms with Gasteiger partial charge in [0.25, 0.3) is 0 Å². The maximum Gasteiger partial charge on any atom is 0.322 e. The number of phenols is 1. The van der Waals surface area contributed by atoms with Crippen LogP contribution >= 0.6 is 0 Å². The molecule has 1 saturated heterocycles. The van der Waals surface area contributed by atoms with E-state index in [4.69, 9.17) is 5.11 Å². The summed E-state index contributed by atoms with van der Waals surface area (Å²) in [4.78, 5) is 75.5. The molecule has 1 fully saturated rings. The lowest BCUT2D eigenvalue weighted by Crippen LogP contribution is -2.56. The molecule has 4 unspecified atom stereocenters. The summed E-state index contributed by atoms with van der Waals surface area (Å²) in [5.74, 6) is -4.03. The zero-order chi connectivity index (χ0) is 32.8. The molecule has 8 N–H and O–H groups in total. The van der Waals surface area contributed by atoms with Crippen molar-refractivity contribution in [2.75, 3.05) is 19.6 Å². The van der Waals surface area contributed by atoms with Crippen molar-refractivity contribution in [2.24, 2.45) is 11.8 Å². The summed E-state index contributed by atoms with van der Waals surface area (Å²) >= 11 is 0. The number of carboxylic acids is 1. The van der Waals surface area contributed by atoms with E-state index in [0.29, 0.717) is 18.4 Å². The van der Waals surface area contributed by atoms with Crippen molar-refractivity contribution >= 4 is 35.5 Å². The number of phenolic OH excluding ortho intramolecular Hbond substituents is 1. The second-order valence-corrected chi connectivity index (χ2v) is 11.9. The van der Waals surface area contributed by atoms with Gasteiger partial charge in [-0.25, -0.2) is 0 Å². The number of benzene rings is 1. The van der Waals surface area contributed by atoms with Gasteiger partial charge >= 0.3 is 5.97 Å². The van der Waals surface area contributed by atoms with Crippen LogP contribution in [-0.4, -0.2) is 89.5 Å². The molecule has 0 bridgehead atoms. The van der Waals surface area contributed by atoms with Gasteiger partial charge in [-0.05, 0) is 61.8 Å². The molecule has 0 radical (unpaired) electrons. The van der Waals surface area contributed by atoms with E-state index < -0.39 is 60.8 Å². The number of carbonyl (C=O) groups excluding carboxylic acids is 5. The highest BCUT2D eigenvalue weighted by Gasteiger charge is 2.30. The van der Waals surface area contributed by atoms with Crippen LogP contribution in [-0.2, 0) is 35.2 Å². The molecule has 244 valence electrons. The maximum absolute atomic E-state index is 13.4. The van der Waals surface area contributed by atoms with Gasteiger partial charge in [-0.2, -0.15) is 0 Å². The standard InChI is InChI=1S/C30H46N6O8/c1-17(2)12-22(35-29(43)21-6-5-11-31-21)27(41)32-15-25(38)34-24(14-19-7-9-20(37)10-8-19)30(44)36-23(13-18(3)4)28(42)33-16-26(39)40/h7-10,17-18,21-24,31,37H,5-6,11-16H2,1-4H3,(H,32,41)(H,33,42)(H,34,38)(H,35,43)(H,36,44)(H,39,40). The summed E-state index contributed by atoms with van der Waals surface area (Å²) < 4.78 is 0. The molecule has 1 heterocycles. The lowest BCUT2D eigenvalue weighted by atomic mass is 10.0. The number of aliphatic carboxylic acids is 1.